The van der Waals surface area contributed by atoms with E-state index >= 15 is 0 Å². The van der Waals surface area contributed by atoms with Gasteiger partial charge in [-0.05, 0) is 31.6 Å². The third-order valence-electron chi connectivity index (χ3n) is 3.45. The van der Waals surface area contributed by atoms with Crippen LogP contribution in [0.3, 0.4) is 0 Å². The summed E-state index contributed by atoms with van der Waals surface area (Å²) in [6, 6.07) is 0.311. The van der Waals surface area contributed by atoms with Crippen LogP contribution in [0, 0.1) is 0 Å². The summed E-state index contributed by atoms with van der Waals surface area (Å²) in [4.78, 5) is 13.5. The van der Waals surface area contributed by atoms with Gasteiger partial charge in [0.2, 0.25) is 0 Å². The van der Waals surface area contributed by atoms with Gasteiger partial charge in [0.05, 0.1) is 0 Å². The fraction of sp³-hybridized carbons (Fsp3) is 0.909. The zero-order valence-electron chi connectivity index (χ0n) is 9.02. The van der Waals surface area contributed by atoms with E-state index in [1.807, 2.05) is 11.8 Å². The molecule has 0 amide bonds. The van der Waals surface area contributed by atoms with E-state index < -0.39 is 5.97 Å². The normalized spacial score (nSPS) is 33.9. The smallest absolute Gasteiger partial charge is 0.320 e. The summed E-state index contributed by atoms with van der Waals surface area (Å²) in [6.07, 6.45) is 5.46. The van der Waals surface area contributed by atoms with Crippen molar-refractivity contribution in [3.63, 3.8) is 0 Å². The lowest BCUT2D eigenvalue weighted by molar-refractivity contribution is -0.144. The van der Waals surface area contributed by atoms with Crippen LogP contribution in [-0.2, 0) is 4.79 Å². The fourth-order valence-corrected chi connectivity index (χ4v) is 3.85. The number of nitrogens with zero attached hydrogens (tertiary/aromatic N) is 1. The zero-order chi connectivity index (χ0) is 10.7. The van der Waals surface area contributed by atoms with Crippen LogP contribution in [0.2, 0.25) is 0 Å². The van der Waals surface area contributed by atoms with E-state index in [-0.39, 0.29) is 6.04 Å². The van der Waals surface area contributed by atoms with Crippen LogP contribution in [-0.4, -0.2) is 46.1 Å². The summed E-state index contributed by atoms with van der Waals surface area (Å²) in [5, 5.41) is 9.25. The summed E-state index contributed by atoms with van der Waals surface area (Å²) in [5.74, 6) is 1.71. The number of hydrogen-bond donors (Lipinski definition) is 1. The molecule has 0 bridgehead atoms. The van der Waals surface area contributed by atoms with Gasteiger partial charge in [0.1, 0.15) is 6.04 Å². The third-order valence-corrected chi connectivity index (χ3v) is 4.60. The molecule has 0 spiro atoms. The van der Waals surface area contributed by atoms with Crippen molar-refractivity contribution in [2.45, 2.75) is 44.2 Å². The summed E-state index contributed by atoms with van der Waals surface area (Å²) >= 11 is 1.96. The Morgan fingerprint density at radius 3 is 2.80 bits per heavy atom. The predicted octanol–water partition coefficient (Wildman–Crippen LogP) is 1.82. The Kier molecular flexibility index (Phi) is 3.92. The fourth-order valence-electron chi connectivity index (χ4n) is 2.62. The minimum Gasteiger partial charge on any atom is -0.480 e. The highest BCUT2D eigenvalue weighted by atomic mass is 32.2. The SMILES string of the molecule is O=C(O)C1CCCCCN1C1CCSC1. The molecule has 0 aliphatic carbocycles. The van der Waals surface area contributed by atoms with Gasteiger partial charge >= 0.3 is 5.97 Å². The first kappa shape index (κ1) is 11.3. The van der Waals surface area contributed by atoms with Gasteiger partial charge in [-0.3, -0.25) is 9.69 Å². The van der Waals surface area contributed by atoms with E-state index in [0.717, 1.165) is 25.1 Å². The Balaban J connectivity index is 2.05. The number of thioether (sulfide) groups is 1. The Bertz CT molecular complexity index is 229. The van der Waals surface area contributed by atoms with E-state index in [2.05, 4.69) is 4.90 Å². The molecule has 0 aromatic carbocycles. The second kappa shape index (κ2) is 5.21. The molecule has 2 fully saturated rings. The van der Waals surface area contributed by atoms with Gasteiger partial charge < -0.3 is 5.11 Å². The van der Waals surface area contributed by atoms with Gasteiger partial charge in [-0.25, -0.2) is 0 Å². The lowest BCUT2D eigenvalue weighted by atomic mass is 10.1. The maximum atomic E-state index is 11.2. The van der Waals surface area contributed by atoms with Crippen LogP contribution in [0.4, 0.5) is 0 Å². The molecule has 2 atom stereocenters. The first-order chi connectivity index (χ1) is 7.29. The van der Waals surface area contributed by atoms with Crippen LogP contribution in [0.25, 0.3) is 0 Å². The van der Waals surface area contributed by atoms with Gasteiger partial charge in [0.25, 0.3) is 0 Å². The van der Waals surface area contributed by atoms with Crippen LogP contribution < -0.4 is 0 Å². The number of carbonyl (C=O) groups is 1. The molecule has 4 heteroatoms. The van der Waals surface area contributed by atoms with Gasteiger partial charge in [-0.15, -0.1) is 0 Å². The summed E-state index contributed by atoms with van der Waals surface area (Å²) < 4.78 is 0. The molecule has 15 heavy (non-hydrogen) atoms. The van der Waals surface area contributed by atoms with E-state index in [9.17, 15) is 9.90 Å². The molecule has 0 aromatic rings. The second-order valence-electron chi connectivity index (χ2n) is 4.46. The second-order valence-corrected chi connectivity index (χ2v) is 5.61. The molecule has 2 aliphatic heterocycles. The molecule has 86 valence electrons. The highest BCUT2D eigenvalue weighted by Gasteiger charge is 2.33. The molecule has 0 saturated carbocycles. The quantitative estimate of drug-likeness (QED) is 0.784. The maximum absolute atomic E-state index is 11.2. The molecule has 0 aromatic heterocycles. The molecule has 0 radical (unpaired) electrons. The lowest BCUT2D eigenvalue weighted by Crippen LogP contribution is -2.47. The number of aliphatic carboxylic acids is 1. The highest BCUT2D eigenvalue weighted by molar-refractivity contribution is 7.99. The van der Waals surface area contributed by atoms with Crippen LogP contribution >= 0.6 is 11.8 Å². The molecule has 2 saturated heterocycles. The van der Waals surface area contributed by atoms with Crippen molar-refractivity contribution in [1.29, 1.82) is 0 Å². The number of hydrogen-bond acceptors (Lipinski definition) is 3. The van der Waals surface area contributed by atoms with Crippen LogP contribution in [0.5, 0.6) is 0 Å². The molecule has 3 nitrogen and oxygen atoms in total. The predicted molar refractivity (Wildman–Crippen MR) is 62.3 cm³/mol. The standard InChI is InChI=1S/C11H19NO2S/c13-11(14)10-4-2-1-3-6-12(10)9-5-7-15-8-9/h9-10H,1-8H2,(H,13,14). The van der Waals surface area contributed by atoms with Gasteiger partial charge in [0.15, 0.2) is 0 Å². The van der Waals surface area contributed by atoms with E-state index in [1.165, 1.54) is 25.0 Å². The maximum Gasteiger partial charge on any atom is 0.320 e. The Morgan fingerprint density at radius 1 is 1.27 bits per heavy atom. The first-order valence-electron chi connectivity index (χ1n) is 5.85. The zero-order valence-corrected chi connectivity index (χ0v) is 9.84. The average molecular weight is 229 g/mol. The lowest BCUT2D eigenvalue weighted by Gasteiger charge is -2.31. The molecular weight excluding hydrogens is 210 g/mol. The van der Waals surface area contributed by atoms with E-state index in [1.54, 1.807) is 0 Å². The van der Waals surface area contributed by atoms with Gasteiger partial charge in [-0.1, -0.05) is 12.8 Å². The van der Waals surface area contributed by atoms with Crippen molar-refractivity contribution in [3.05, 3.63) is 0 Å². The summed E-state index contributed by atoms with van der Waals surface area (Å²) in [5.41, 5.74) is 0. The molecule has 2 rings (SSSR count). The summed E-state index contributed by atoms with van der Waals surface area (Å²) in [7, 11) is 0. The van der Waals surface area contributed by atoms with Crippen molar-refractivity contribution in [2.75, 3.05) is 18.1 Å². The molecular formula is C11H19NO2S. The number of likely N-dealkylation sites (tertiary alicyclic amines) is 1. The highest BCUT2D eigenvalue weighted by Crippen LogP contribution is 2.27. The van der Waals surface area contributed by atoms with Crippen molar-refractivity contribution in [3.8, 4) is 0 Å². The third kappa shape index (κ3) is 2.67. The largest absolute Gasteiger partial charge is 0.480 e. The Hall–Kier alpha value is -0.220. The van der Waals surface area contributed by atoms with Crippen molar-refractivity contribution in [2.24, 2.45) is 0 Å². The monoisotopic (exact) mass is 229 g/mol. The van der Waals surface area contributed by atoms with Crippen LogP contribution in [0.15, 0.2) is 0 Å². The average Bonchev–Trinajstić information content (AvgIpc) is 2.61. The minimum atomic E-state index is -0.617. The van der Waals surface area contributed by atoms with E-state index in [0.29, 0.717) is 6.04 Å². The Labute approximate surface area is 95.2 Å². The van der Waals surface area contributed by atoms with E-state index in [4.69, 9.17) is 0 Å². The molecule has 1 N–H and O–H groups in total. The van der Waals surface area contributed by atoms with Crippen molar-refractivity contribution in [1.82, 2.24) is 4.90 Å². The number of carboxylic acids is 1. The number of rotatable bonds is 2. The van der Waals surface area contributed by atoms with Crippen LogP contribution in [0.1, 0.15) is 32.1 Å². The van der Waals surface area contributed by atoms with Crippen molar-refractivity contribution >= 4 is 17.7 Å². The first-order valence-corrected chi connectivity index (χ1v) is 7.01. The summed E-state index contributed by atoms with van der Waals surface area (Å²) in [6.45, 7) is 0.988. The topological polar surface area (TPSA) is 40.5 Å². The molecule has 2 aliphatic rings. The molecule has 2 heterocycles. The molecule has 2 unspecified atom stereocenters. The Morgan fingerprint density at radius 2 is 2.13 bits per heavy atom. The van der Waals surface area contributed by atoms with Gasteiger partial charge in [-0.2, -0.15) is 11.8 Å². The number of carboxylic acid groups (broad SMARTS) is 1. The van der Waals surface area contributed by atoms with Crippen molar-refractivity contribution < 1.29 is 9.90 Å². The minimum absolute atomic E-state index is 0.212. The van der Waals surface area contributed by atoms with Gasteiger partial charge in [0, 0.05) is 11.8 Å².